The van der Waals surface area contributed by atoms with Gasteiger partial charge in [0.15, 0.2) is 8.32 Å². The van der Waals surface area contributed by atoms with Crippen LogP contribution in [0.5, 0.6) is 0 Å². The molecular weight excluding hydrogens is 176 g/mol. The lowest BCUT2D eigenvalue weighted by atomic mass is 10.2. The van der Waals surface area contributed by atoms with Gasteiger partial charge in [-0.15, -0.1) is 6.42 Å². The van der Waals surface area contributed by atoms with Crippen molar-refractivity contribution in [3.05, 3.63) is 0 Å². The van der Waals surface area contributed by atoms with Crippen LogP contribution < -0.4 is 0 Å². The van der Waals surface area contributed by atoms with Gasteiger partial charge in [0.25, 0.3) is 0 Å². The van der Waals surface area contributed by atoms with Crippen molar-refractivity contribution in [2.24, 2.45) is 0 Å². The maximum absolute atomic E-state index is 5.77. The maximum atomic E-state index is 5.77. The molecule has 0 saturated carbocycles. The third kappa shape index (κ3) is 4.17. The first kappa shape index (κ1) is 12.3. The van der Waals surface area contributed by atoms with E-state index in [9.17, 15) is 0 Å². The first-order valence-corrected chi connectivity index (χ1v) is 7.29. The fourth-order valence-electron chi connectivity index (χ4n) is 0.520. The molecule has 0 aliphatic rings. The highest BCUT2D eigenvalue weighted by Gasteiger charge is 2.36. The minimum absolute atomic E-state index is 0.241. The molecule has 1 nitrogen and oxygen atoms in total. The molecule has 13 heavy (non-hydrogen) atoms. The largest absolute Gasteiger partial charge is 0.406 e. The molecule has 0 aromatic carbocycles. The van der Waals surface area contributed by atoms with Crippen molar-refractivity contribution in [2.45, 2.75) is 38.9 Å². The van der Waals surface area contributed by atoms with Crippen LogP contribution >= 0.6 is 0 Å². The molecule has 0 amide bonds. The molecule has 72 valence electrons. The molecule has 0 rings (SSSR count). The predicted octanol–water partition coefficient (Wildman–Crippen LogP) is 2.64. The van der Waals surface area contributed by atoms with Gasteiger partial charge in [-0.1, -0.05) is 26.7 Å². The fourth-order valence-corrected chi connectivity index (χ4v) is 1.39. The Morgan fingerprint density at radius 1 is 1.31 bits per heavy atom. The highest BCUT2D eigenvalue weighted by molar-refractivity contribution is 6.74. The molecule has 0 bridgehead atoms. The Hall–Kier alpha value is -0.703. The van der Waals surface area contributed by atoms with Gasteiger partial charge in [-0.3, -0.25) is 0 Å². The molecule has 2 heteroatoms. The summed E-state index contributed by atoms with van der Waals surface area (Å²) in [5.41, 5.74) is 0. The number of rotatable bonds is 2. The van der Waals surface area contributed by atoms with Gasteiger partial charge in [0.2, 0.25) is 0 Å². The van der Waals surface area contributed by atoms with E-state index in [0.717, 1.165) is 0 Å². The van der Waals surface area contributed by atoms with Gasteiger partial charge in [-0.05, 0) is 30.0 Å². The highest BCUT2D eigenvalue weighted by Crippen LogP contribution is 2.36. The van der Waals surface area contributed by atoms with Crippen molar-refractivity contribution in [2.75, 3.05) is 6.61 Å². The van der Waals surface area contributed by atoms with E-state index in [1.165, 1.54) is 0 Å². The van der Waals surface area contributed by atoms with Crippen molar-refractivity contribution >= 4 is 8.32 Å². The predicted molar refractivity (Wildman–Crippen MR) is 59.8 cm³/mol. The van der Waals surface area contributed by atoms with Crippen LogP contribution in [0.4, 0.5) is 0 Å². The lowest BCUT2D eigenvalue weighted by molar-refractivity contribution is 0.334. The second-order valence-electron chi connectivity index (χ2n) is 4.50. The van der Waals surface area contributed by atoms with Crippen molar-refractivity contribution in [3.8, 4) is 24.2 Å². The van der Waals surface area contributed by atoms with E-state index in [2.05, 4.69) is 51.6 Å². The van der Waals surface area contributed by atoms with Crippen LogP contribution in [-0.4, -0.2) is 14.9 Å². The smallest absolute Gasteiger partial charge is 0.193 e. The molecule has 0 unspecified atom stereocenters. The van der Waals surface area contributed by atoms with Crippen LogP contribution in [-0.2, 0) is 4.43 Å². The molecule has 0 radical (unpaired) electrons. The van der Waals surface area contributed by atoms with Gasteiger partial charge in [0, 0.05) is 0 Å². The molecule has 0 spiro atoms. The Bertz CT molecular complexity index is 255. The Kier molecular flexibility index (Phi) is 4.27. The molecule has 0 aromatic rings. The lowest BCUT2D eigenvalue weighted by Crippen LogP contribution is -2.40. The summed E-state index contributed by atoms with van der Waals surface area (Å²) in [7, 11) is -1.63. The highest BCUT2D eigenvalue weighted by atomic mass is 28.4. The van der Waals surface area contributed by atoms with Crippen molar-refractivity contribution in [1.29, 1.82) is 0 Å². The van der Waals surface area contributed by atoms with E-state index in [0.29, 0.717) is 6.61 Å². The van der Waals surface area contributed by atoms with E-state index in [1.54, 1.807) is 0 Å². The molecule has 0 fully saturated rings. The molecule has 0 aliphatic carbocycles. The lowest BCUT2D eigenvalue weighted by Gasteiger charge is -2.35. The first-order chi connectivity index (χ1) is 5.81. The monoisotopic (exact) mass is 194 g/mol. The topological polar surface area (TPSA) is 9.23 Å². The van der Waals surface area contributed by atoms with Crippen LogP contribution in [0.25, 0.3) is 0 Å². The van der Waals surface area contributed by atoms with Crippen molar-refractivity contribution in [1.82, 2.24) is 0 Å². The SMILES string of the molecule is C#CC#CCO[Si](C)(C)C(C)(C)C. The minimum Gasteiger partial charge on any atom is -0.406 e. The van der Waals surface area contributed by atoms with Gasteiger partial charge in [0.1, 0.15) is 0 Å². The maximum Gasteiger partial charge on any atom is 0.193 e. The molecule has 0 heterocycles. The fraction of sp³-hybridized carbons (Fsp3) is 0.636. The van der Waals surface area contributed by atoms with Gasteiger partial charge >= 0.3 is 0 Å². The summed E-state index contributed by atoms with van der Waals surface area (Å²) in [5, 5.41) is 0.241. The van der Waals surface area contributed by atoms with E-state index >= 15 is 0 Å². The Labute approximate surface area is 83.0 Å². The third-order valence-electron chi connectivity index (χ3n) is 2.47. The Balaban J connectivity index is 4.14. The summed E-state index contributed by atoms with van der Waals surface area (Å²) in [6, 6.07) is 0. The summed E-state index contributed by atoms with van der Waals surface area (Å²) in [6.45, 7) is 11.5. The third-order valence-corrected chi connectivity index (χ3v) is 6.95. The first-order valence-electron chi connectivity index (χ1n) is 4.39. The van der Waals surface area contributed by atoms with E-state index in [4.69, 9.17) is 10.8 Å². The second kappa shape index (κ2) is 4.51. The standard InChI is InChI=1S/C11H18OSi/c1-7-8-9-10-12-13(5,6)11(2,3)4/h1H,10H2,2-6H3. The zero-order valence-electron chi connectivity index (χ0n) is 9.19. The van der Waals surface area contributed by atoms with Crippen LogP contribution in [0.1, 0.15) is 20.8 Å². The van der Waals surface area contributed by atoms with Crippen molar-refractivity contribution < 1.29 is 4.43 Å². The zero-order valence-corrected chi connectivity index (χ0v) is 10.2. The second-order valence-corrected chi connectivity index (χ2v) is 9.30. The van der Waals surface area contributed by atoms with Crippen LogP contribution in [0.15, 0.2) is 0 Å². The molecule has 0 saturated heterocycles. The van der Waals surface area contributed by atoms with Gasteiger partial charge < -0.3 is 4.43 Å². The number of hydrogen-bond acceptors (Lipinski definition) is 1. The average Bonchev–Trinajstić information content (AvgIpc) is 1.96. The average molecular weight is 194 g/mol. The Morgan fingerprint density at radius 3 is 2.23 bits per heavy atom. The van der Waals surface area contributed by atoms with Gasteiger partial charge in [0.05, 0.1) is 6.61 Å². The summed E-state index contributed by atoms with van der Waals surface area (Å²) in [4.78, 5) is 0. The summed E-state index contributed by atoms with van der Waals surface area (Å²) >= 11 is 0. The number of hydrogen-bond donors (Lipinski definition) is 0. The molecule has 0 aliphatic heterocycles. The van der Waals surface area contributed by atoms with E-state index in [-0.39, 0.29) is 5.04 Å². The van der Waals surface area contributed by atoms with Gasteiger partial charge in [-0.25, -0.2) is 0 Å². The minimum atomic E-state index is -1.63. The zero-order chi connectivity index (χ0) is 10.5. The molecule has 0 aromatic heterocycles. The van der Waals surface area contributed by atoms with Crippen LogP contribution in [0.3, 0.4) is 0 Å². The molecular formula is C11H18OSi. The van der Waals surface area contributed by atoms with E-state index < -0.39 is 8.32 Å². The van der Waals surface area contributed by atoms with Crippen LogP contribution in [0.2, 0.25) is 18.1 Å². The molecule has 0 atom stereocenters. The quantitative estimate of drug-likeness (QED) is 0.485. The van der Waals surface area contributed by atoms with Crippen LogP contribution in [0, 0.1) is 24.2 Å². The summed E-state index contributed by atoms with van der Waals surface area (Å²) < 4.78 is 5.77. The normalized spacial score (nSPS) is 11.4. The summed E-state index contributed by atoms with van der Waals surface area (Å²) in [5.74, 6) is 7.60. The summed E-state index contributed by atoms with van der Waals surface area (Å²) in [6.07, 6.45) is 5.00. The number of terminal acetylenes is 1. The van der Waals surface area contributed by atoms with E-state index in [1.807, 2.05) is 0 Å². The van der Waals surface area contributed by atoms with Crippen molar-refractivity contribution in [3.63, 3.8) is 0 Å². The Morgan fingerprint density at radius 2 is 1.85 bits per heavy atom. The van der Waals surface area contributed by atoms with Gasteiger partial charge in [-0.2, -0.15) is 0 Å². The molecule has 0 N–H and O–H groups in total.